The lowest BCUT2D eigenvalue weighted by molar-refractivity contribution is 1.04. The number of anilines is 1. The van der Waals surface area contributed by atoms with Gasteiger partial charge in [0.2, 0.25) is 5.95 Å². The number of nitrogen functional groups attached to an aromatic ring is 1. The standard InChI is InChI=1S/C13H15N3S/c1-9(17-2)11-8-15-13(14)16-12(11)10-6-4-3-5-7-10/h3-9H,1-2H3,(H2,14,15,16). The van der Waals surface area contributed by atoms with Crippen LogP contribution in [0.5, 0.6) is 0 Å². The Hall–Kier alpha value is -1.55. The van der Waals surface area contributed by atoms with Crippen LogP contribution in [-0.2, 0) is 0 Å². The van der Waals surface area contributed by atoms with Crippen LogP contribution in [0.3, 0.4) is 0 Å². The molecule has 0 aliphatic rings. The van der Waals surface area contributed by atoms with Gasteiger partial charge in [0.1, 0.15) is 0 Å². The number of hydrogen-bond donors (Lipinski definition) is 1. The highest BCUT2D eigenvalue weighted by atomic mass is 32.2. The number of rotatable bonds is 3. The summed E-state index contributed by atoms with van der Waals surface area (Å²) in [5.41, 5.74) is 8.81. The van der Waals surface area contributed by atoms with Crippen LogP contribution >= 0.6 is 11.8 Å². The molecular formula is C13H15N3S. The molecule has 17 heavy (non-hydrogen) atoms. The van der Waals surface area contributed by atoms with Crippen LogP contribution in [0.25, 0.3) is 11.3 Å². The molecule has 1 atom stereocenters. The van der Waals surface area contributed by atoms with Crippen molar-refractivity contribution in [2.45, 2.75) is 12.2 Å². The summed E-state index contributed by atoms with van der Waals surface area (Å²) >= 11 is 1.77. The Morgan fingerprint density at radius 2 is 1.94 bits per heavy atom. The predicted octanol–water partition coefficient (Wildman–Crippen LogP) is 3.15. The van der Waals surface area contributed by atoms with Gasteiger partial charge in [-0.25, -0.2) is 9.97 Å². The summed E-state index contributed by atoms with van der Waals surface area (Å²) in [6.07, 6.45) is 3.90. The first kappa shape index (κ1) is 11.9. The second kappa shape index (κ2) is 5.19. The summed E-state index contributed by atoms with van der Waals surface area (Å²) in [6, 6.07) is 10.1. The highest BCUT2D eigenvalue weighted by Gasteiger charge is 2.13. The van der Waals surface area contributed by atoms with Crippen molar-refractivity contribution in [3.8, 4) is 11.3 Å². The summed E-state index contributed by atoms with van der Waals surface area (Å²) in [7, 11) is 0. The maximum absolute atomic E-state index is 5.68. The number of nitrogens with zero attached hydrogens (tertiary/aromatic N) is 2. The smallest absolute Gasteiger partial charge is 0.220 e. The third-order valence-electron chi connectivity index (χ3n) is 2.67. The average molecular weight is 245 g/mol. The van der Waals surface area contributed by atoms with Gasteiger partial charge in [0.05, 0.1) is 5.69 Å². The van der Waals surface area contributed by atoms with Gasteiger partial charge < -0.3 is 5.73 Å². The lowest BCUT2D eigenvalue weighted by Gasteiger charge is -2.13. The second-order valence-corrected chi connectivity index (χ2v) is 4.95. The largest absolute Gasteiger partial charge is 0.368 e. The Labute approximate surface area is 105 Å². The summed E-state index contributed by atoms with van der Waals surface area (Å²) < 4.78 is 0. The maximum Gasteiger partial charge on any atom is 0.220 e. The van der Waals surface area contributed by atoms with Crippen LogP contribution in [0.1, 0.15) is 17.7 Å². The first-order chi connectivity index (χ1) is 8.22. The normalized spacial score (nSPS) is 12.4. The van der Waals surface area contributed by atoms with Crippen LogP contribution in [0.2, 0.25) is 0 Å². The number of nitrogens with two attached hydrogens (primary N) is 1. The van der Waals surface area contributed by atoms with Crippen LogP contribution in [0.4, 0.5) is 5.95 Å². The molecule has 1 aromatic heterocycles. The van der Waals surface area contributed by atoms with Crippen LogP contribution in [0, 0.1) is 0 Å². The van der Waals surface area contributed by atoms with Gasteiger partial charge in [-0.2, -0.15) is 11.8 Å². The lowest BCUT2D eigenvalue weighted by Crippen LogP contribution is -2.02. The van der Waals surface area contributed by atoms with E-state index in [0.29, 0.717) is 11.2 Å². The molecule has 1 heterocycles. The van der Waals surface area contributed by atoms with Crippen molar-refractivity contribution < 1.29 is 0 Å². The minimum Gasteiger partial charge on any atom is -0.368 e. The molecule has 0 bridgehead atoms. The van der Waals surface area contributed by atoms with Gasteiger partial charge in [-0.05, 0) is 13.2 Å². The van der Waals surface area contributed by atoms with E-state index in [1.165, 1.54) is 0 Å². The molecule has 1 unspecified atom stereocenters. The van der Waals surface area contributed by atoms with Crippen molar-refractivity contribution in [1.29, 1.82) is 0 Å². The van der Waals surface area contributed by atoms with Crippen LogP contribution < -0.4 is 5.73 Å². The van der Waals surface area contributed by atoms with Crippen LogP contribution in [0.15, 0.2) is 36.5 Å². The Morgan fingerprint density at radius 3 is 2.59 bits per heavy atom. The molecule has 3 nitrogen and oxygen atoms in total. The van der Waals surface area contributed by atoms with Gasteiger partial charge in [-0.1, -0.05) is 30.3 Å². The highest BCUT2D eigenvalue weighted by molar-refractivity contribution is 7.98. The van der Waals surface area contributed by atoms with E-state index in [1.54, 1.807) is 11.8 Å². The van der Waals surface area contributed by atoms with Gasteiger partial charge in [-0.15, -0.1) is 0 Å². The Morgan fingerprint density at radius 1 is 1.24 bits per heavy atom. The van der Waals surface area contributed by atoms with E-state index in [9.17, 15) is 0 Å². The third-order valence-corrected chi connectivity index (χ3v) is 3.64. The lowest BCUT2D eigenvalue weighted by atomic mass is 10.1. The Bertz CT molecular complexity index is 499. The quantitative estimate of drug-likeness (QED) is 0.902. The molecule has 0 radical (unpaired) electrons. The first-order valence-corrected chi connectivity index (χ1v) is 6.71. The maximum atomic E-state index is 5.68. The van der Waals surface area contributed by atoms with Gasteiger partial charge >= 0.3 is 0 Å². The summed E-state index contributed by atoms with van der Waals surface area (Å²) in [5.74, 6) is 0.320. The number of thioether (sulfide) groups is 1. The van der Waals surface area contributed by atoms with Gasteiger partial charge in [0.25, 0.3) is 0 Å². The molecule has 88 valence electrons. The van der Waals surface area contributed by atoms with Gasteiger partial charge in [0.15, 0.2) is 0 Å². The molecule has 4 heteroatoms. The predicted molar refractivity (Wildman–Crippen MR) is 73.8 cm³/mol. The molecule has 0 aliphatic heterocycles. The molecule has 0 saturated carbocycles. The fourth-order valence-electron chi connectivity index (χ4n) is 1.66. The van der Waals surface area contributed by atoms with Crippen molar-refractivity contribution in [2.24, 2.45) is 0 Å². The summed E-state index contributed by atoms with van der Waals surface area (Å²) in [6.45, 7) is 2.14. The molecule has 2 aromatic rings. The Balaban J connectivity index is 2.55. The molecule has 0 amide bonds. The zero-order chi connectivity index (χ0) is 12.3. The van der Waals surface area contributed by atoms with E-state index in [4.69, 9.17) is 5.73 Å². The number of hydrogen-bond acceptors (Lipinski definition) is 4. The van der Waals surface area contributed by atoms with Crippen molar-refractivity contribution in [3.05, 3.63) is 42.1 Å². The molecule has 0 spiro atoms. The van der Waals surface area contributed by atoms with E-state index in [2.05, 4.69) is 23.1 Å². The summed E-state index contributed by atoms with van der Waals surface area (Å²) in [4.78, 5) is 8.45. The minimum atomic E-state index is 0.320. The van der Waals surface area contributed by atoms with Crippen molar-refractivity contribution in [3.63, 3.8) is 0 Å². The van der Waals surface area contributed by atoms with E-state index < -0.39 is 0 Å². The molecule has 0 aliphatic carbocycles. The van der Waals surface area contributed by atoms with Gasteiger partial charge in [0, 0.05) is 22.6 Å². The fourth-order valence-corrected chi connectivity index (χ4v) is 2.08. The molecule has 2 N–H and O–H groups in total. The number of benzene rings is 1. The zero-order valence-corrected chi connectivity index (χ0v) is 10.7. The minimum absolute atomic E-state index is 0.320. The molecule has 0 fully saturated rings. The number of aromatic nitrogens is 2. The van der Waals surface area contributed by atoms with E-state index in [-0.39, 0.29) is 0 Å². The zero-order valence-electron chi connectivity index (χ0n) is 9.92. The average Bonchev–Trinajstić information content (AvgIpc) is 2.39. The van der Waals surface area contributed by atoms with E-state index in [0.717, 1.165) is 16.8 Å². The van der Waals surface area contributed by atoms with E-state index >= 15 is 0 Å². The Kier molecular flexibility index (Phi) is 3.64. The molecular weight excluding hydrogens is 230 g/mol. The van der Waals surface area contributed by atoms with Crippen molar-refractivity contribution >= 4 is 17.7 Å². The summed E-state index contributed by atoms with van der Waals surface area (Å²) in [5, 5.41) is 0.353. The monoisotopic (exact) mass is 245 g/mol. The first-order valence-electron chi connectivity index (χ1n) is 5.43. The molecule has 1 aromatic carbocycles. The molecule has 2 rings (SSSR count). The fraction of sp³-hybridized carbons (Fsp3) is 0.231. The topological polar surface area (TPSA) is 51.8 Å². The van der Waals surface area contributed by atoms with Gasteiger partial charge in [-0.3, -0.25) is 0 Å². The third kappa shape index (κ3) is 2.58. The van der Waals surface area contributed by atoms with Crippen molar-refractivity contribution in [1.82, 2.24) is 9.97 Å². The SMILES string of the molecule is CSC(C)c1cnc(N)nc1-c1ccccc1. The van der Waals surface area contributed by atoms with Crippen LogP contribution in [-0.4, -0.2) is 16.2 Å². The highest BCUT2D eigenvalue weighted by Crippen LogP contribution is 2.32. The second-order valence-electron chi connectivity index (χ2n) is 3.78. The molecule has 0 saturated heterocycles. The van der Waals surface area contributed by atoms with Crippen molar-refractivity contribution in [2.75, 3.05) is 12.0 Å². The van der Waals surface area contributed by atoms with E-state index in [1.807, 2.05) is 36.5 Å².